The first-order chi connectivity index (χ1) is 12.5. The molecule has 0 aliphatic heterocycles. The molecular formula is C21H18F2N2O. The topological polar surface area (TPSA) is 33.2 Å². The van der Waals surface area contributed by atoms with E-state index < -0.39 is 11.6 Å². The Morgan fingerprint density at radius 3 is 2.54 bits per heavy atom. The van der Waals surface area contributed by atoms with Crippen molar-refractivity contribution in [2.75, 3.05) is 4.90 Å². The van der Waals surface area contributed by atoms with Gasteiger partial charge >= 0.3 is 0 Å². The van der Waals surface area contributed by atoms with Gasteiger partial charge in [0.05, 0.1) is 17.9 Å². The molecule has 26 heavy (non-hydrogen) atoms. The second-order valence-corrected chi connectivity index (χ2v) is 6.06. The zero-order chi connectivity index (χ0) is 18.7. The van der Waals surface area contributed by atoms with Crippen LogP contribution in [0.15, 0.2) is 60.8 Å². The van der Waals surface area contributed by atoms with E-state index in [-0.39, 0.29) is 18.1 Å². The van der Waals surface area contributed by atoms with Crippen molar-refractivity contribution < 1.29 is 13.6 Å². The van der Waals surface area contributed by atoms with Crippen LogP contribution in [0.4, 0.5) is 14.5 Å². The van der Waals surface area contributed by atoms with Gasteiger partial charge in [-0.3, -0.25) is 14.7 Å². The van der Waals surface area contributed by atoms with Crippen molar-refractivity contribution in [3.8, 4) is 0 Å². The molecule has 0 unspecified atom stereocenters. The summed E-state index contributed by atoms with van der Waals surface area (Å²) in [7, 11) is 0. The number of benzene rings is 2. The summed E-state index contributed by atoms with van der Waals surface area (Å²) >= 11 is 0. The average Bonchev–Trinajstić information content (AvgIpc) is 2.63. The largest absolute Gasteiger partial charge is 0.299 e. The van der Waals surface area contributed by atoms with E-state index in [0.717, 1.165) is 23.3 Å². The Labute approximate surface area is 150 Å². The molecule has 0 fully saturated rings. The molecule has 0 radical (unpaired) electrons. The van der Waals surface area contributed by atoms with Gasteiger partial charge in [-0.25, -0.2) is 8.78 Å². The normalized spacial score (nSPS) is 10.6. The predicted molar refractivity (Wildman–Crippen MR) is 97.0 cm³/mol. The van der Waals surface area contributed by atoms with E-state index in [1.807, 2.05) is 19.9 Å². The summed E-state index contributed by atoms with van der Waals surface area (Å²) in [5.41, 5.74) is 2.89. The summed E-state index contributed by atoms with van der Waals surface area (Å²) in [6.07, 6.45) is 1.61. The smallest absolute Gasteiger partial charge is 0.259 e. The van der Waals surface area contributed by atoms with Crippen LogP contribution in [-0.4, -0.2) is 10.9 Å². The number of halogens is 2. The fourth-order valence-electron chi connectivity index (χ4n) is 2.75. The zero-order valence-corrected chi connectivity index (χ0v) is 14.5. The van der Waals surface area contributed by atoms with Gasteiger partial charge in [0.2, 0.25) is 0 Å². The number of aryl methyl sites for hydroxylation is 1. The highest BCUT2D eigenvalue weighted by Crippen LogP contribution is 2.25. The minimum atomic E-state index is -0.792. The number of aromatic nitrogens is 1. The first-order valence-electron chi connectivity index (χ1n) is 8.20. The summed E-state index contributed by atoms with van der Waals surface area (Å²) in [4.78, 5) is 18.7. The zero-order valence-electron chi connectivity index (χ0n) is 14.5. The van der Waals surface area contributed by atoms with E-state index >= 15 is 0 Å². The number of rotatable bonds is 4. The number of carbonyl (C=O) groups is 1. The second kappa shape index (κ2) is 7.44. The van der Waals surface area contributed by atoms with Gasteiger partial charge < -0.3 is 0 Å². The lowest BCUT2D eigenvalue weighted by Crippen LogP contribution is -2.32. The van der Waals surface area contributed by atoms with E-state index in [4.69, 9.17) is 0 Å². The molecule has 3 rings (SSSR count). The van der Waals surface area contributed by atoms with Crippen LogP contribution in [0.5, 0.6) is 0 Å². The predicted octanol–water partition coefficient (Wildman–Crippen LogP) is 4.82. The summed E-state index contributed by atoms with van der Waals surface area (Å²) in [5, 5.41) is 0. The Balaban J connectivity index is 2.07. The Hall–Kier alpha value is -3.08. The van der Waals surface area contributed by atoms with Crippen LogP contribution in [0.1, 0.15) is 27.2 Å². The van der Waals surface area contributed by atoms with Gasteiger partial charge in [-0.2, -0.15) is 0 Å². The third-order valence-electron chi connectivity index (χ3n) is 4.33. The second-order valence-electron chi connectivity index (χ2n) is 6.06. The van der Waals surface area contributed by atoms with E-state index in [9.17, 15) is 13.6 Å². The van der Waals surface area contributed by atoms with Crippen molar-refractivity contribution >= 4 is 11.6 Å². The summed E-state index contributed by atoms with van der Waals surface area (Å²) in [6.45, 7) is 3.84. The minimum Gasteiger partial charge on any atom is -0.299 e. The highest BCUT2D eigenvalue weighted by atomic mass is 19.1. The van der Waals surface area contributed by atoms with Gasteiger partial charge in [-0.1, -0.05) is 18.2 Å². The maximum Gasteiger partial charge on any atom is 0.259 e. The molecule has 0 saturated heterocycles. The third kappa shape index (κ3) is 3.61. The number of anilines is 1. The number of amides is 1. The highest BCUT2D eigenvalue weighted by Gasteiger charge is 2.23. The van der Waals surface area contributed by atoms with Crippen LogP contribution in [0, 0.1) is 25.5 Å². The molecule has 0 aliphatic carbocycles. The molecule has 1 amide bonds. The fourth-order valence-corrected chi connectivity index (χ4v) is 2.75. The third-order valence-corrected chi connectivity index (χ3v) is 4.33. The van der Waals surface area contributed by atoms with E-state index in [1.54, 1.807) is 36.5 Å². The molecule has 0 saturated carbocycles. The lowest BCUT2D eigenvalue weighted by molar-refractivity contribution is 0.0983. The van der Waals surface area contributed by atoms with Gasteiger partial charge in [0, 0.05) is 17.8 Å². The van der Waals surface area contributed by atoms with Crippen molar-refractivity contribution in [1.82, 2.24) is 4.98 Å². The van der Waals surface area contributed by atoms with Crippen LogP contribution in [0.3, 0.4) is 0 Å². The fraction of sp³-hybridized carbons (Fsp3) is 0.143. The Kier molecular flexibility index (Phi) is 5.07. The van der Waals surface area contributed by atoms with E-state index in [1.165, 1.54) is 11.0 Å². The molecule has 5 heteroatoms. The Morgan fingerprint density at radius 2 is 1.85 bits per heavy atom. The standard InChI is InChI=1S/C21H18F2N2O/c1-14-6-5-8-18(15(14)2)21(26)25(13-17-7-3-4-11-24-17)20-10-9-16(22)12-19(20)23/h3-12H,13H2,1-2H3. The van der Waals surface area contributed by atoms with Crippen LogP contribution in [0.2, 0.25) is 0 Å². The molecular weight excluding hydrogens is 334 g/mol. The average molecular weight is 352 g/mol. The number of pyridine rings is 1. The molecule has 0 atom stereocenters. The molecule has 1 heterocycles. The van der Waals surface area contributed by atoms with E-state index in [0.29, 0.717) is 11.3 Å². The molecule has 1 aromatic heterocycles. The van der Waals surface area contributed by atoms with Crippen molar-refractivity contribution in [2.45, 2.75) is 20.4 Å². The lowest BCUT2D eigenvalue weighted by Gasteiger charge is -2.24. The SMILES string of the molecule is Cc1cccc(C(=O)N(Cc2ccccn2)c2ccc(F)cc2F)c1C. The molecule has 0 aliphatic rings. The first kappa shape index (κ1) is 17.7. The number of hydrogen-bond donors (Lipinski definition) is 0. The van der Waals surface area contributed by atoms with Crippen molar-refractivity contribution in [2.24, 2.45) is 0 Å². The molecule has 3 aromatic rings. The maximum atomic E-state index is 14.4. The monoisotopic (exact) mass is 352 g/mol. The molecule has 0 N–H and O–H groups in total. The Bertz CT molecular complexity index is 942. The van der Waals surface area contributed by atoms with Crippen LogP contribution in [-0.2, 0) is 6.54 Å². The molecule has 2 aromatic carbocycles. The van der Waals surface area contributed by atoms with Gasteiger partial charge in [0.25, 0.3) is 5.91 Å². The molecule has 0 bridgehead atoms. The van der Waals surface area contributed by atoms with Crippen LogP contribution in [0.25, 0.3) is 0 Å². The number of carbonyl (C=O) groups excluding carboxylic acids is 1. The van der Waals surface area contributed by atoms with Crippen molar-refractivity contribution in [3.63, 3.8) is 0 Å². The molecule has 3 nitrogen and oxygen atoms in total. The number of hydrogen-bond acceptors (Lipinski definition) is 2. The van der Waals surface area contributed by atoms with Crippen LogP contribution < -0.4 is 4.90 Å². The lowest BCUT2D eigenvalue weighted by atomic mass is 10.0. The van der Waals surface area contributed by atoms with Crippen molar-refractivity contribution in [1.29, 1.82) is 0 Å². The van der Waals surface area contributed by atoms with E-state index in [2.05, 4.69) is 4.98 Å². The van der Waals surface area contributed by atoms with Gasteiger partial charge in [0.15, 0.2) is 0 Å². The summed E-state index contributed by atoms with van der Waals surface area (Å²) < 4.78 is 27.7. The molecule has 0 spiro atoms. The summed E-state index contributed by atoms with van der Waals surface area (Å²) in [6, 6.07) is 13.9. The molecule has 132 valence electrons. The number of nitrogens with zero attached hydrogens (tertiary/aromatic N) is 2. The first-order valence-corrected chi connectivity index (χ1v) is 8.20. The van der Waals surface area contributed by atoms with Gasteiger partial charge in [-0.05, 0) is 55.3 Å². The minimum absolute atomic E-state index is 0.0166. The maximum absolute atomic E-state index is 14.4. The summed E-state index contributed by atoms with van der Waals surface area (Å²) in [5.74, 6) is -1.84. The van der Waals surface area contributed by atoms with Gasteiger partial charge in [-0.15, -0.1) is 0 Å². The van der Waals surface area contributed by atoms with Crippen molar-refractivity contribution in [3.05, 3.63) is 94.8 Å². The quantitative estimate of drug-likeness (QED) is 0.674. The van der Waals surface area contributed by atoms with Crippen LogP contribution >= 0.6 is 0 Å². The Morgan fingerprint density at radius 1 is 1.04 bits per heavy atom. The van der Waals surface area contributed by atoms with Gasteiger partial charge in [0.1, 0.15) is 11.6 Å². The highest BCUT2D eigenvalue weighted by molar-refractivity contribution is 6.07.